The highest BCUT2D eigenvalue weighted by Gasteiger charge is 2.27. The van der Waals surface area contributed by atoms with Crippen LogP contribution in [-0.4, -0.2) is 54.4 Å². The van der Waals surface area contributed by atoms with Crippen molar-refractivity contribution in [1.82, 2.24) is 4.90 Å². The molecule has 0 unspecified atom stereocenters. The summed E-state index contributed by atoms with van der Waals surface area (Å²) in [5.41, 5.74) is 2.83. The molecule has 0 spiro atoms. The molecule has 0 aromatic heterocycles. The van der Waals surface area contributed by atoms with Crippen LogP contribution in [-0.2, 0) is 27.1 Å². The Hall–Kier alpha value is -1.70. The molecule has 5 nitrogen and oxygen atoms in total. The molecular weight excluding hydrogens is 504 g/mol. The van der Waals surface area contributed by atoms with Crippen molar-refractivity contribution in [2.24, 2.45) is 0 Å². The molecule has 198 valence electrons. The van der Waals surface area contributed by atoms with E-state index in [9.17, 15) is 14.3 Å². The van der Waals surface area contributed by atoms with Gasteiger partial charge in [-0.15, -0.1) is 0 Å². The average molecular weight is 541 g/mol. The predicted molar refractivity (Wildman–Crippen MR) is 141 cm³/mol. The van der Waals surface area contributed by atoms with Crippen LogP contribution in [0.25, 0.3) is 0 Å². The Labute approximate surface area is 223 Å². The van der Waals surface area contributed by atoms with Gasteiger partial charge in [0.2, 0.25) is 0 Å². The van der Waals surface area contributed by atoms with E-state index in [1.807, 2.05) is 31.2 Å². The molecule has 0 saturated carbocycles. The topological polar surface area (TPSA) is 59.0 Å². The van der Waals surface area contributed by atoms with Crippen molar-refractivity contribution < 1.29 is 23.8 Å². The van der Waals surface area contributed by atoms with Gasteiger partial charge >= 0.3 is 5.97 Å². The van der Waals surface area contributed by atoms with Crippen LogP contribution in [0.1, 0.15) is 62.3 Å². The van der Waals surface area contributed by atoms with Gasteiger partial charge in [0, 0.05) is 24.0 Å². The number of carbonyl (C=O) groups is 1. The molecule has 0 bridgehead atoms. The number of ether oxygens (including phenoxy) is 2. The summed E-state index contributed by atoms with van der Waals surface area (Å²) < 4.78 is 25.1. The first-order valence-electron chi connectivity index (χ1n) is 12.7. The number of aliphatic hydroxyl groups is 1. The van der Waals surface area contributed by atoms with Gasteiger partial charge in [-0.05, 0) is 86.5 Å². The Balaban J connectivity index is 1.56. The summed E-state index contributed by atoms with van der Waals surface area (Å²) in [6.45, 7) is 5.75. The lowest BCUT2D eigenvalue weighted by Crippen LogP contribution is -2.39. The van der Waals surface area contributed by atoms with E-state index in [1.54, 1.807) is 13.0 Å². The van der Waals surface area contributed by atoms with E-state index in [0.29, 0.717) is 31.0 Å². The van der Waals surface area contributed by atoms with Gasteiger partial charge in [-0.2, -0.15) is 0 Å². The van der Waals surface area contributed by atoms with Gasteiger partial charge in [0.15, 0.2) is 0 Å². The molecule has 36 heavy (non-hydrogen) atoms. The molecule has 8 heteroatoms. The van der Waals surface area contributed by atoms with Crippen molar-refractivity contribution in [1.29, 1.82) is 0 Å². The molecule has 0 radical (unpaired) electrons. The largest absolute Gasteiger partial charge is 0.466 e. The molecule has 1 aliphatic rings. The van der Waals surface area contributed by atoms with Crippen LogP contribution in [0.5, 0.6) is 0 Å². The minimum Gasteiger partial charge on any atom is -0.466 e. The fraction of sp³-hybridized carbons (Fsp3) is 0.536. The number of hydrogen-bond donors (Lipinski definition) is 1. The second kappa shape index (κ2) is 14.3. The third kappa shape index (κ3) is 8.42. The Morgan fingerprint density at radius 2 is 2.03 bits per heavy atom. The Kier molecular flexibility index (Phi) is 11.5. The van der Waals surface area contributed by atoms with E-state index < -0.39 is 11.9 Å². The van der Waals surface area contributed by atoms with E-state index in [0.717, 1.165) is 42.5 Å². The fourth-order valence-corrected chi connectivity index (χ4v) is 5.17. The highest BCUT2D eigenvalue weighted by molar-refractivity contribution is 6.31. The third-order valence-electron chi connectivity index (χ3n) is 6.62. The van der Waals surface area contributed by atoms with Crippen molar-refractivity contribution >= 4 is 29.2 Å². The Bertz CT molecular complexity index is 1010. The number of nitrogens with zero attached hydrogens (tertiary/aromatic N) is 1. The van der Waals surface area contributed by atoms with E-state index in [4.69, 9.17) is 32.7 Å². The van der Waals surface area contributed by atoms with Crippen LogP contribution in [0.2, 0.25) is 10.0 Å². The molecule has 2 aromatic carbocycles. The van der Waals surface area contributed by atoms with E-state index >= 15 is 0 Å². The van der Waals surface area contributed by atoms with Crippen LogP contribution >= 0.6 is 23.2 Å². The molecular formula is C28H36Cl2FNO4. The van der Waals surface area contributed by atoms with Gasteiger partial charge in [0.1, 0.15) is 5.82 Å². The molecule has 1 fully saturated rings. The maximum atomic E-state index is 13.9. The quantitative estimate of drug-likeness (QED) is 0.308. The zero-order valence-electron chi connectivity index (χ0n) is 21.0. The number of halogens is 3. The molecule has 1 N–H and O–H groups in total. The first-order valence-corrected chi connectivity index (χ1v) is 13.5. The van der Waals surface area contributed by atoms with Gasteiger partial charge in [-0.25, -0.2) is 4.39 Å². The second-order valence-corrected chi connectivity index (χ2v) is 10.1. The smallest absolute Gasteiger partial charge is 0.306 e. The van der Waals surface area contributed by atoms with Gasteiger partial charge < -0.3 is 14.6 Å². The van der Waals surface area contributed by atoms with Crippen LogP contribution in [0.15, 0.2) is 36.4 Å². The number of benzene rings is 2. The maximum Gasteiger partial charge on any atom is 0.306 e. The molecule has 0 aliphatic carbocycles. The summed E-state index contributed by atoms with van der Waals surface area (Å²) in [4.78, 5) is 14.1. The number of esters is 1. The summed E-state index contributed by atoms with van der Waals surface area (Å²) in [6.07, 6.45) is 3.39. The van der Waals surface area contributed by atoms with E-state index in [-0.39, 0.29) is 36.2 Å². The van der Waals surface area contributed by atoms with Crippen LogP contribution in [0.3, 0.4) is 0 Å². The SMILES string of the molecule is CCOC(=O)CCc1cc(Cl)ccc1[C@@H](CC)OC[C@H](O)CN1CCC[C@H]1Cc1ccc(Cl)c(F)c1. The van der Waals surface area contributed by atoms with Gasteiger partial charge in [-0.3, -0.25) is 9.69 Å². The van der Waals surface area contributed by atoms with Gasteiger partial charge in [-0.1, -0.05) is 42.3 Å². The van der Waals surface area contributed by atoms with Crippen molar-refractivity contribution in [3.8, 4) is 0 Å². The van der Waals surface area contributed by atoms with Crippen molar-refractivity contribution in [3.05, 3.63) is 69.0 Å². The van der Waals surface area contributed by atoms with Crippen molar-refractivity contribution in [2.75, 3.05) is 26.3 Å². The molecule has 3 rings (SSSR count). The summed E-state index contributed by atoms with van der Waals surface area (Å²) >= 11 is 12.0. The van der Waals surface area contributed by atoms with Crippen LogP contribution in [0.4, 0.5) is 4.39 Å². The molecule has 0 amide bonds. The monoisotopic (exact) mass is 539 g/mol. The number of aryl methyl sites for hydroxylation is 1. The Morgan fingerprint density at radius 3 is 2.75 bits per heavy atom. The number of carbonyl (C=O) groups excluding carboxylic acids is 1. The third-order valence-corrected chi connectivity index (χ3v) is 7.16. The molecule has 1 aliphatic heterocycles. The standard InChI is InChI=1S/C28H36Cl2FNO4/c1-3-27(24-10-9-21(29)16-20(24)8-12-28(34)35-4-2)36-18-23(33)17-32-13-5-6-22(32)14-19-7-11-25(30)26(31)15-19/h7,9-11,15-16,22-23,27,33H,3-6,8,12-14,17-18H2,1-2H3/t22-,23+,27+/m0/s1. The predicted octanol–water partition coefficient (Wildman–Crippen LogP) is 6.16. The number of hydrogen-bond acceptors (Lipinski definition) is 5. The van der Waals surface area contributed by atoms with Crippen molar-refractivity contribution in [3.63, 3.8) is 0 Å². The highest BCUT2D eigenvalue weighted by atomic mass is 35.5. The zero-order valence-corrected chi connectivity index (χ0v) is 22.5. The average Bonchev–Trinajstić information content (AvgIpc) is 3.27. The van der Waals surface area contributed by atoms with Crippen LogP contribution in [0, 0.1) is 5.82 Å². The first-order chi connectivity index (χ1) is 17.3. The first kappa shape index (κ1) is 28.9. The van der Waals surface area contributed by atoms with Crippen molar-refractivity contribution in [2.45, 2.75) is 70.6 Å². The van der Waals surface area contributed by atoms with E-state index in [2.05, 4.69) is 4.90 Å². The fourth-order valence-electron chi connectivity index (χ4n) is 4.86. The van der Waals surface area contributed by atoms with Crippen LogP contribution < -0.4 is 0 Å². The summed E-state index contributed by atoms with van der Waals surface area (Å²) in [5, 5.41) is 11.5. The minimum absolute atomic E-state index is 0.129. The summed E-state index contributed by atoms with van der Waals surface area (Å²) in [7, 11) is 0. The molecule has 1 heterocycles. The minimum atomic E-state index is -0.656. The lowest BCUT2D eigenvalue weighted by molar-refractivity contribution is -0.143. The number of likely N-dealkylation sites (tertiary alicyclic amines) is 1. The van der Waals surface area contributed by atoms with Gasteiger partial charge in [0.05, 0.1) is 30.4 Å². The lowest BCUT2D eigenvalue weighted by Gasteiger charge is -2.28. The maximum absolute atomic E-state index is 13.9. The summed E-state index contributed by atoms with van der Waals surface area (Å²) in [6, 6.07) is 10.8. The molecule has 3 atom stereocenters. The number of aliphatic hydroxyl groups excluding tert-OH is 1. The lowest BCUT2D eigenvalue weighted by atomic mass is 9.97. The Morgan fingerprint density at radius 1 is 1.22 bits per heavy atom. The van der Waals surface area contributed by atoms with Gasteiger partial charge in [0.25, 0.3) is 0 Å². The van der Waals surface area contributed by atoms with E-state index in [1.165, 1.54) is 6.07 Å². The molecule has 2 aromatic rings. The number of β-amino-alcohol motifs (C(OH)–C–C–N with tert-alkyl or cyclic N) is 1. The normalized spacial score (nSPS) is 17.8. The summed E-state index contributed by atoms with van der Waals surface area (Å²) in [5.74, 6) is -0.643. The number of rotatable bonds is 13. The second-order valence-electron chi connectivity index (χ2n) is 9.28. The molecule has 1 saturated heterocycles. The zero-order chi connectivity index (χ0) is 26.1. The highest BCUT2D eigenvalue weighted by Crippen LogP contribution is 2.29.